The molecule has 5 nitrogen and oxygen atoms in total. The Kier molecular flexibility index (Phi) is 4.93. The predicted octanol–water partition coefficient (Wildman–Crippen LogP) is 4.19. The highest BCUT2D eigenvalue weighted by Crippen LogP contribution is 2.26. The van der Waals surface area contributed by atoms with E-state index in [1.54, 1.807) is 36.4 Å². The lowest BCUT2D eigenvalue weighted by Gasteiger charge is -2.08. The Morgan fingerprint density at radius 2 is 2.00 bits per heavy atom. The molecule has 2 rings (SSSR count). The first kappa shape index (κ1) is 15.5. The standard InChI is InChI=1S/C14H10BrClN2O3/c15-10-5-6-12(11(16)8-10)17-14(19)7-9-3-1-2-4-13(9)18(20)21/h1-6,8H,7H2,(H,17,19). The Labute approximate surface area is 134 Å². The van der Waals surface area contributed by atoms with Crippen LogP contribution >= 0.6 is 27.5 Å². The Morgan fingerprint density at radius 3 is 2.67 bits per heavy atom. The summed E-state index contributed by atoms with van der Waals surface area (Å²) >= 11 is 9.27. The smallest absolute Gasteiger partial charge is 0.273 e. The van der Waals surface area contributed by atoms with Crippen LogP contribution in [0.3, 0.4) is 0 Å². The van der Waals surface area contributed by atoms with Crippen molar-refractivity contribution in [1.29, 1.82) is 0 Å². The Balaban J connectivity index is 2.14. The molecule has 7 heteroatoms. The van der Waals surface area contributed by atoms with Crippen LogP contribution in [0.2, 0.25) is 5.02 Å². The third-order valence-electron chi connectivity index (χ3n) is 2.74. The Bertz CT molecular complexity index is 706. The van der Waals surface area contributed by atoms with Gasteiger partial charge >= 0.3 is 0 Å². The van der Waals surface area contributed by atoms with Crippen LogP contribution in [0.5, 0.6) is 0 Å². The van der Waals surface area contributed by atoms with Crippen molar-refractivity contribution in [2.24, 2.45) is 0 Å². The van der Waals surface area contributed by atoms with Gasteiger partial charge in [0.15, 0.2) is 0 Å². The first-order chi connectivity index (χ1) is 9.97. The summed E-state index contributed by atoms with van der Waals surface area (Å²) in [4.78, 5) is 22.4. The maximum atomic E-state index is 12.0. The van der Waals surface area contributed by atoms with Crippen LogP contribution < -0.4 is 5.32 Å². The average Bonchev–Trinajstić information content (AvgIpc) is 2.42. The highest BCUT2D eigenvalue weighted by atomic mass is 79.9. The van der Waals surface area contributed by atoms with Crippen molar-refractivity contribution in [3.63, 3.8) is 0 Å². The summed E-state index contributed by atoms with van der Waals surface area (Å²) in [6, 6.07) is 11.2. The van der Waals surface area contributed by atoms with Gasteiger partial charge in [-0.2, -0.15) is 0 Å². The van der Waals surface area contributed by atoms with Gasteiger partial charge in [0.05, 0.1) is 22.1 Å². The molecule has 0 spiro atoms. The number of anilines is 1. The van der Waals surface area contributed by atoms with Crippen LogP contribution in [0.1, 0.15) is 5.56 Å². The number of para-hydroxylation sites is 1. The number of nitrogens with zero attached hydrogens (tertiary/aromatic N) is 1. The normalized spacial score (nSPS) is 10.2. The Hall–Kier alpha value is -1.92. The second kappa shape index (κ2) is 6.69. The largest absolute Gasteiger partial charge is 0.324 e. The molecule has 0 radical (unpaired) electrons. The zero-order valence-corrected chi connectivity index (χ0v) is 13.0. The molecule has 0 saturated heterocycles. The molecule has 0 fully saturated rings. The minimum absolute atomic E-state index is 0.0745. The number of rotatable bonds is 4. The number of carbonyl (C=O) groups is 1. The van der Waals surface area contributed by atoms with E-state index in [-0.39, 0.29) is 18.0 Å². The summed E-state index contributed by atoms with van der Waals surface area (Å²) in [5, 5.41) is 13.9. The van der Waals surface area contributed by atoms with Gasteiger partial charge in [0, 0.05) is 16.1 Å². The molecule has 1 amide bonds. The molecule has 2 aromatic carbocycles. The molecule has 108 valence electrons. The van der Waals surface area contributed by atoms with Crippen LogP contribution in [0.15, 0.2) is 46.9 Å². The van der Waals surface area contributed by atoms with E-state index >= 15 is 0 Å². The molecule has 0 aliphatic heterocycles. The summed E-state index contributed by atoms with van der Waals surface area (Å²) in [5.74, 6) is -0.367. The summed E-state index contributed by atoms with van der Waals surface area (Å²) in [6.45, 7) is 0. The second-order valence-electron chi connectivity index (χ2n) is 4.23. The SMILES string of the molecule is O=C(Cc1ccccc1[N+](=O)[O-])Nc1ccc(Br)cc1Cl. The van der Waals surface area contributed by atoms with E-state index in [2.05, 4.69) is 21.2 Å². The molecule has 0 saturated carbocycles. The molecule has 2 aromatic rings. The van der Waals surface area contributed by atoms with Crippen molar-refractivity contribution < 1.29 is 9.72 Å². The van der Waals surface area contributed by atoms with Gasteiger partial charge in [0.1, 0.15) is 0 Å². The van der Waals surface area contributed by atoms with Crippen molar-refractivity contribution in [2.45, 2.75) is 6.42 Å². The number of hydrogen-bond acceptors (Lipinski definition) is 3. The monoisotopic (exact) mass is 368 g/mol. The van der Waals surface area contributed by atoms with Crippen molar-refractivity contribution in [1.82, 2.24) is 0 Å². The molecular weight excluding hydrogens is 360 g/mol. The molecule has 0 bridgehead atoms. The van der Waals surface area contributed by atoms with E-state index < -0.39 is 4.92 Å². The number of halogens is 2. The van der Waals surface area contributed by atoms with E-state index in [0.29, 0.717) is 16.3 Å². The lowest BCUT2D eigenvalue weighted by Crippen LogP contribution is -2.15. The number of benzene rings is 2. The van der Waals surface area contributed by atoms with Gasteiger partial charge in [-0.3, -0.25) is 14.9 Å². The van der Waals surface area contributed by atoms with Gasteiger partial charge in [0.25, 0.3) is 5.69 Å². The van der Waals surface area contributed by atoms with Crippen molar-refractivity contribution >= 4 is 44.8 Å². The van der Waals surface area contributed by atoms with Crippen LogP contribution in [-0.2, 0) is 11.2 Å². The lowest BCUT2D eigenvalue weighted by atomic mass is 10.1. The van der Waals surface area contributed by atoms with E-state index in [1.165, 1.54) is 6.07 Å². The fourth-order valence-electron chi connectivity index (χ4n) is 1.80. The number of nitro benzene ring substituents is 1. The van der Waals surface area contributed by atoms with Gasteiger partial charge in [-0.15, -0.1) is 0 Å². The number of nitrogens with one attached hydrogen (secondary N) is 1. The van der Waals surface area contributed by atoms with E-state index in [1.807, 2.05) is 0 Å². The predicted molar refractivity (Wildman–Crippen MR) is 84.6 cm³/mol. The molecule has 0 aliphatic carbocycles. The third-order valence-corrected chi connectivity index (χ3v) is 3.55. The average molecular weight is 370 g/mol. The van der Waals surface area contributed by atoms with Crippen LogP contribution in [0.25, 0.3) is 0 Å². The Morgan fingerprint density at radius 1 is 1.29 bits per heavy atom. The molecule has 0 atom stereocenters. The molecule has 0 aromatic heterocycles. The van der Waals surface area contributed by atoms with Gasteiger partial charge < -0.3 is 5.32 Å². The quantitative estimate of drug-likeness (QED) is 0.648. The van der Waals surface area contributed by atoms with Crippen molar-refractivity contribution in [2.75, 3.05) is 5.32 Å². The topological polar surface area (TPSA) is 72.2 Å². The maximum Gasteiger partial charge on any atom is 0.273 e. The van der Waals surface area contributed by atoms with Gasteiger partial charge in [0.2, 0.25) is 5.91 Å². The summed E-state index contributed by atoms with van der Waals surface area (Å²) in [6.07, 6.45) is -0.0937. The summed E-state index contributed by atoms with van der Waals surface area (Å²) in [5.41, 5.74) is 0.742. The van der Waals surface area contributed by atoms with Crippen LogP contribution in [0.4, 0.5) is 11.4 Å². The van der Waals surface area contributed by atoms with Crippen LogP contribution in [0, 0.1) is 10.1 Å². The molecular formula is C14H10BrClN2O3. The minimum Gasteiger partial charge on any atom is -0.324 e. The van der Waals surface area contributed by atoms with Crippen molar-refractivity contribution in [3.8, 4) is 0 Å². The fourth-order valence-corrected chi connectivity index (χ4v) is 2.52. The zero-order valence-electron chi connectivity index (χ0n) is 10.7. The van der Waals surface area contributed by atoms with E-state index in [9.17, 15) is 14.9 Å². The molecule has 0 heterocycles. The fraction of sp³-hybridized carbons (Fsp3) is 0.0714. The summed E-state index contributed by atoms with van der Waals surface area (Å²) in [7, 11) is 0. The minimum atomic E-state index is -0.505. The van der Waals surface area contributed by atoms with Gasteiger partial charge in [-0.25, -0.2) is 0 Å². The van der Waals surface area contributed by atoms with Crippen molar-refractivity contribution in [3.05, 3.63) is 67.6 Å². The zero-order chi connectivity index (χ0) is 15.4. The molecule has 0 aliphatic rings. The third kappa shape index (κ3) is 4.03. The first-order valence-electron chi connectivity index (χ1n) is 5.94. The molecule has 0 unspecified atom stereocenters. The maximum absolute atomic E-state index is 12.0. The van der Waals surface area contributed by atoms with E-state index in [0.717, 1.165) is 4.47 Å². The van der Waals surface area contributed by atoms with Gasteiger partial charge in [-0.05, 0) is 18.2 Å². The number of amides is 1. The van der Waals surface area contributed by atoms with Crippen LogP contribution in [-0.4, -0.2) is 10.8 Å². The number of nitro groups is 1. The summed E-state index contributed by atoms with van der Waals surface area (Å²) < 4.78 is 0.796. The highest BCUT2D eigenvalue weighted by Gasteiger charge is 2.16. The lowest BCUT2D eigenvalue weighted by molar-refractivity contribution is -0.385. The number of hydrogen-bond donors (Lipinski definition) is 1. The number of carbonyl (C=O) groups excluding carboxylic acids is 1. The van der Waals surface area contributed by atoms with Gasteiger partial charge in [-0.1, -0.05) is 45.7 Å². The van der Waals surface area contributed by atoms with E-state index in [4.69, 9.17) is 11.6 Å². The second-order valence-corrected chi connectivity index (χ2v) is 5.56. The molecule has 1 N–H and O–H groups in total. The first-order valence-corrected chi connectivity index (χ1v) is 7.11. The molecule has 21 heavy (non-hydrogen) atoms. The highest BCUT2D eigenvalue weighted by molar-refractivity contribution is 9.10.